The van der Waals surface area contributed by atoms with Crippen LogP contribution in [0.5, 0.6) is 0 Å². The molecule has 65 heavy (non-hydrogen) atoms. The average molecular weight is 927 g/mol. The summed E-state index contributed by atoms with van der Waals surface area (Å²) in [6, 6.07) is 0. The number of carbonyl (C=O) groups is 4. The Morgan fingerprint density at radius 3 is 1.15 bits per heavy atom. The Hall–Kier alpha value is -2.28. The van der Waals surface area contributed by atoms with E-state index in [-0.39, 0.29) is 25.9 Å². The summed E-state index contributed by atoms with van der Waals surface area (Å²) < 4.78 is 28.3. The van der Waals surface area contributed by atoms with Crippen LogP contribution in [0, 0.1) is 0 Å². The lowest BCUT2D eigenvalue weighted by Crippen LogP contribution is -2.61. The minimum absolute atomic E-state index is 0.0703. The lowest BCUT2D eigenvalue weighted by Gasteiger charge is -2.40. The molecule has 0 amide bonds. The Balaban J connectivity index is 2.68. The summed E-state index contributed by atoms with van der Waals surface area (Å²) in [6.45, 7) is 5.97. The minimum Gasteiger partial charge on any atom is -0.479 e. The number of ether oxygens (including phenoxy) is 5. The van der Waals surface area contributed by atoms with Crippen LogP contribution < -0.4 is 0 Å². The Morgan fingerprint density at radius 1 is 0.446 bits per heavy atom. The number of aliphatic carboxylic acids is 1. The van der Waals surface area contributed by atoms with Crippen LogP contribution in [0.15, 0.2) is 0 Å². The molecule has 6 atom stereocenters. The van der Waals surface area contributed by atoms with Crippen molar-refractivity contribution in [2.45, 2.75) is 302 Å². The summed E-state index contributed by atoms with van der Waals surface area (Å²) in [5.41, 5.74) is 0. The zero-order valence-corrected chi connectivity index (χ0v) is 41.8. The lowest BCUT2D eigenvalue weighted by atomic mass is 9.98. The average Bonchev–Trinajstić information content (AvgIpc) is 3.29. The van der Waals surface area contributed by atoms with Gasteiger partial charge in [0.2, 0.25) is 0 Å². The fraction of sp³-hybridized carbons (Fsp3) is 0.925. The van der Waals surface area contributed by atoms with Crippen LogP contribution in [0.25, 0.3) is 0 Å². The van der Waals surface area contributed by atoms with Crippen molar-refractivity contribution in [3.05, 3.63) is 0 Å². The predicted octanol–water partition coefficient (Wildman–Crippen LogP) is 12.8. The van der Waals surface area contributed by atoms with E-state index < -0.39 is 67.3 Å². The number of rotatable bonds is 46. The number of esters is 3. The Morgan fingerprint density at radius 2 is 0.785 bits per heavy atom. The molecule has 3 N–H and O–H groups in total. The number of hydrogen-bond donors (Lipinski definition) is 3. The molecule has 1 aliphatic heterocycles. The van der Waals surface area contributed by atoms with Gasteiger partial charge in [-0.3, -0.25) is 14.4 Å². The van der Waals surface area contributed by atoms with Gasteiger partial charge >= 0.3 is 23.9 Å². The van der Waals surface area contributed by atoms with Gasteiger partial charge in [-0.2, -0.15) is 0 Å². The van der Waals surface area contributed by atoms with Gasteiger partial charge in [0.25, 0.3) is 0 Å². The molecule has 1 rings (SSSR count). The van der Waals surface area contributed by atoms with E-state index in [4.69, 9.17) is 23.7 Å². The maximum atomic E-state index is 13.0. The van der Waals surface area contributed by atoms with Crippen molar-refractivity contribution in [3.8, 4) is 0 Å². The Labute approximate surface area is 395 Å². The first-order chi connectivity index (χ1) is 31.6. The van der Waals surface area contributed by atoms with Gasteiger partial charge in [-0.15, -0.1) is 0 Å². The van der Waals surface area contributed by atoms with Crippen LogP contribution in [-0.4, -0.2) is 89.2 Å². The molecule has 382 valence electrons. The van der Waals surface area contributed by atoms with Gasteiger partial charge in [-0.1, -0.05) is 226 Å². The number of carboxylic acid groups (broad SMARTS) is 1. The number of unbranched alkanes of at least 4 members (excludes halogenated alkanes) is 32. The fourth-order valence-corrected chi connectivity index (χ4v) is 8.49. The van der Waals surface area contributed by atoms with Crippen molar-refractivity contribution >= 4 is 23.9 Å². The fourth-order valence-electron chi connectivity index (χ4n) is 8.49. The van der Waals surface area contributed by atoms with Crippen molar-refractivity contribution < 1.29 is 58.2 Å². The maximum Gasteiger partial charge on any atom is 0.335 e. The summed E-state index contributed by atoms with van der Waals surface area (Å²) >= 11 is 0. The monoisotopic (exact) mass is 927 g/mol. The summed E-state index contributed by atoms with van der Waals surface area (Å²) in [5.74, 6) is -3.09. The Kier molecular flexibility index (Phi) is 40.2. The molecule has 0 saturated carbocycles. The van der Waals surface area contributed by atoms with E-state index in [2.05, 4.69) is 20.8 Å². The molecular weight excluding hydrogens is 829 g/mol. The van der Waals surface area contributed by atoms with E-state index in [0.717, 1.165) is 57.8 Å². The van der Waals surface area contributed by atoms with Crippen molar-refractivity contribution in [1.82, 2.24) is 0 Å². The minimum atomic E-state index is -1.89. The second-order valence-electron chi connectivity index (χ2n) is 18.9. The molecule has 1 fully saturated rings. The normalized spacial score (nSPS) is 18.9. The number of aliphatic hydroxyl groups excluding tert-OH is 2. The van der Waals surface area contributed by atoms with Crippen molar-refractivity contribution in [2.24, 2.45) is 0 Å². The van der Waals surface area contributed by atoms with E-state index in [9.17, 15) is 34.5 Å². The topological polar surface area (TPSA) is 175 Å². The molecule has 0 aromatic heterocycles. The van der Waals surface area contributed by atoms with Gasteiger partial charge in [0, 0.05) is 19.3 Å². The van der Waals surface area contributed by atoms with Crippen LogP contribution in [0.3, 0.4) is 0 Å². The van der Waals surface area contributed by atoms with Crippen molar-refractivity contribution in [3.63, 3.8) is 0 Å². The second-order valence-corrected chi connectivity index (χ2v) is 18.9. The lowest BCUT2D eigenvalue weighted by molar-refractivity contribution is -0.301. The third-order valence-corrected chi connectivity index (χ3v) is 12.7. The molecule has 0 radical (unpaired) electrons. The maximum absolute atomic E-state index is 13.0. The van der Waals surface area contributed by atoms with E-state index in [1.54, 1.807) is 0 Å². The number of hydrogen-bond acceptors (Lipinski definition) is 11. The van der Waals surface area contributed by atoms with E-state index in [1.807, 2.05) is 0 Å². The molecule has 1 saturated heterocycles. The first-order valence-electron chi connectivity index (χ1n) is 27.0. The predicted molar refractivity (Wildman–Crippen MR) is 257 cm³/mol. The molecular formula is C53H98O12. The third-order valence-electron chi connectivity index (χ3n) is 12.7. The SMILES string of the molecule is CCCCCCCCCCCCCCCCCC(=O)OC1C(OCC(COC(=O)CCCCCCCCCCCCC)OC(=O)CCCCCCCCCCC)OC(C(=O)O)C(O)C1O. The molecule has 0 aromatic carbocycles. The van der Waals surface area contributed by atoms with Crippen LogP contribution in [0.4, 0.5) is 0 Å². The van der Waals surface area contributed by atoms with E-state index in [0.29, 0.717) is 19.3 Å². The molecule has 1 heterocycles. The molecule has 12 nitrogen and oxygen atoms in total. The standard InChI is InChI=1S/C53H98O12/c1-4-7-10-13-16-19-21-22-23-24-26-29-32-35-38-41-47(56)64-51-49(58)48(57)50(52(59)60)65-53(51)62-43-44(63-46(55)40-37-34-31-27-18-15-12-9-6-3)42-61-45(54)39-36-33-30-28-25-20-17-14-11-8-5-2/h44,48-51,53,57-58H,4-43H2,1-3H3,(H,59,60). The highest BCUT2D eigenvalue weighted by molar-refractivity contribution is 5.74. The molecule has 1 aliphatic rings. The van der Waals surface area contributed by atoms with Gasteiger partial charge in [0.15, 0.2) is 24.6 Å². The smallest absolute Gasteiger partial charge is 0.335 e. The number of carbonyl (C=O) groups excluding carboxylic acids is 3. The third kappa shape index (κ3) is 33.8. The zero-order chi connectivity index (χ0) is 47.6. The highest BCUT2D eigenvalue weighted by Gasteiger charge is 2.50. The summed E-state index contributed by atoms with van der Waals surface area (Å²) in [7, 11) is 0. The molecule has 0 aliphatic carbocycles. The summed E-state index contributed by atoms with van der Waals surface area (Å²) in [6.07, 6.45) is 31.0. The quantitative estimate of drug-likeness (QED) is 0.0300. The van der Waals surface area contributed by atoms with Gasteiger partial charge in [0.05, 0.1) is 6.61 Å². The molecule has 0 spiro atoms. The zero-order valence-electron chi connectivity index (χ0n) is 41.8. The van der Waals surface area contributed by atoms with Gasteiger partial charge in [-0.05, 0) is 19.3 Å². The van der Waals surface area contributed by atoms with Crippen molar-refractivity contribution in [1.29, 1.82) is 0 Å². The first kappa shape index (κ1) is 60.7. The van der Waals surface area contributed by atoms with Crippen LogP contribution in [0.1, 0.15) is 265 Å². The van der Waals surface area contributed by atoms with Crippen LogP contribution in [-0.2, 0) is 42.9 Å². The number of carboxylic acids is 1. The first-order valence-corrected chi connectivity index (χ1v) is 27.0. The van der Waals surface area contributed by atoms with Crippen LogP contribution >= 0.6 is 0 Å². The van der Waals surface area contributed by atoms with Crippen LogP contribution in [0.2, 0.25) is 0 Å². The summed E-state index contributed by atoms with van der Waals surface area (Å²) in [4.78, 5) is 50.7. The van der Waals surface area contributed by atoms with Crippen molar-refractivity contribution in [2.75, 3.05) is 13.2 Å². The molecule has 12 heteroatoms. The van der Waals surface area contributed by atoms with Gasteiger partial charge in [-0.25, -0.2) is 4.79 Å². The number of aliphatic hydroxyl groups is 2. The van der Waals surface area contributed by atoms with Gasteiger partial charge < -0.3 is 39.0 Å². The highest BCUT2D eigenvalue weighted by atomic mass is 16.7. The molecule has 0 bridgehead atoms. The second kappa shape index (κ2) is 43.0. The largest absolute Gasteiger partial charge is 0.479 e. The van der Waals surface area contributed by atoms with Gasteiger partial charge in [0.1, 0.15) is 18.8 Å². The van der Waals surface area contributed by atoms with E-state index >= 15 is 0 Å². The van der Waals surface area contributed by atoms with E-state index in [1.165, 1.54) is 148 Å². The Bertz CT molecular complexity index is 1150. The molecule has 6 unspecified atom stereocenters. The summed E-state index contributed by atoms with van der Waals surface area (Å²) in [5, 5.41) is 31.3. The highest BCUT2D eigenvalue weighted by Crippen LogP contribution is 2.26. The molecule has 0 aromatic rings.